The van der Waals surface area contributed by atoms with Gasteiger partial charge in [0.15, 0.2) is 0 Å². The molecule has 6 nitrogen and oxygen atoms in total. The summed E-state index contributed by atoms with van der Waals surface area (Å²) in [7, 11) is 1.70. The monoisotopic (exact) mass is 578 g/mol. The van der Waals surface area contributed by atoms with Gasteiger partial charge >= 0.3 is 0 Å². The van der Waals surface area contributed by atoms with Crippen molar-refractivity contribution in [3.05, 3.63) is 125 Å². The van der Waals surface area contributed by atoms with E-state index in [2.05, 4.69) is 99.8 Å². The summed E-state index contributed by atoms with van der Waals surface area (Å²) < 4.78 is 16.2. The summed E-state index contributed by atoms with van der Waals surface area (Å²) >= 11 is 0. The summed E-state index contributed by atoms with van der Waals surface area (Å²) in [5, 5.41) is 7.31. The van der Waals surface area contributed by atoms with Gasteiger partial charge in [0, 0.05) is 40.4 Å². The fourth-order valence-corrected chi connectivity index (χ4v) is 6.41. The average Bonchev–Trinajstić information content (AvgIpc) is 3.50. The van der Waals surface area contributed by atoms with Crippen LogP contribution in [0.3, 0.4) is 0 Å². The molecule has 0 amide bonds. The maximum absolute atomic E-state index is 6.50. The zero-order valence-electron chi connectivity index (χ0n) is 25.8. The Morgan fingerprint density at radius 2 is 1.39 bits per heavy atom. The molecule has 0 radical (unpaired) electrons. The van der Waals surface area contributed by atoms with Crippen molar-refractivity contribution in [2.75, 3.05) is 7.11 Å². The van der Waals surface area contributed by atoms with E-state index in [0.717, 1.165) is 67.7 Å². The van der Waals surface area contributed by atoms with Crippen molar-refractivity contribution in [1.82, 2.24) is 19.3 Å². The Morgan fingerprint density at radius 3 is 2.16 bits per heavy atom. The molecular formula is C38H34N4O2. The minimum absolute atomic E-state index is 0.740. The summed E-state index contributed by atoms with van der Waals surface area (Å²) in [5.74, 6) is 3.25. The predicted molar refractivity (Wildman–Crippen MR) is 178 cm³/mol. The lowest BCUT2D eigenvalue weighted by atomic mass is 9.94. The Labute approximate surface area is 257 Å². The van der Waals surface area contributed by atoms with Gasteiger partial charge in [0.05, 0.1) is 29.5 Å². The van der Waals surface area contributed by atoms with E-state index in [9.17, 15) is 0 Å². The van der Waals surface area contributed by atoms with E-state index in [1.165, 1.54) is 22.1 Å². The lowest BCUT2D eigenvalue weighted by molar-refractivity contribution is 0.414. The molecule has 0 atom stereocenters. The largest absolute Gasteiger partial charge is 0.497 e. The Bertz CT molecular complexity index is 2180. The topological polar surface area (TPSA) is 54.1 Å². The molecule has 0 saturated carbocycles. The minimum atomic E-state index is 0.740. The molecule has 3 heterocycles. The van der Waals surface area contributed by atoms with Crippen molar-refractivity contribution in [1.29, 1.82) is 0 Å². The molecule has 0 bridgehead atoms. The number of pyridine rings is 1. The molecule has 4 aromatic carbocycles. The molecule has 0 fully saturated rings. The van der Waals surface area contributed by atoms with Gasteiger partial charge in [-0.3, -0.25) is 4.57 Å². The molecule has 0 N–H and O–H groups in total. The predicted octanol–water partition coefficient (Wildman–Crippen LogP) is 9.37. The van der Waals surface area contributed by atoms with Crippen molar-refractivity contribution >= 4 is 21.8 Å². The zero-order valence-corrected chi connectivity index (χ0v) is 25.8. The van der Waals surface area contributed by atoms with Crippen LogP contribution >= 0.6 is 0 Å². The number of aromatic nitrogens is 4. The second kappa shape index (κ2) is 10.7. The van der Waals surface area contributed by atoms with E-state index in [0.29, 0.717) is 0 Å². The molecular weight excluding hydrogens is 544 g/mol. The number of benzene rings is 4. The molecule has 0 spiro atoms. The molecule has 7 rings (SSSR count). The van der Waals surface area contributed by atoms with Gasteiger partial charge in [-0.25, -0.2) is 9.67 Å². The third-order valence-corrected chi connectivity index (χ3v) is 8.36. The molecule has 0 aliphatic heterocycles. The van der Waals surface area contributed by atoms with Gasteiger partial charge in [-0.15, -0.1) is 0 Å². The standard InChI is InChI=1S/C38H34N4O2/c1-23-16-17-39-36(18-23)41-34-13-8-7-12-32(34)33-15-14-30(22-35(33)41)44-29-11-9-10-28(21-29)42-27(5)38(26(4)40-42)37-24(2)19-31(43-6)20-25(37)3/h7-22H,1-6H3. The van der Waals surface area contributed by atoms with E-state index in [1.807, 2.05) is 41.2 Å². The highest BCUT2D eigenvalue weighted by Gasteiger charge is 2.19. The van der Waals surface area contributed by atoms with Crippen molar-refractivity contribution in [3.63, 3.8) is 0 Å². The highest BCUT2D eigenvalue weighted by atomic mass is 16.5. The van der Waals surface area contributed by atoms with Crippen molar-refractivity contribution in [2.24, 2.45) is 0 Å². The average molecular weight is 579 g/mol. The maximum Gasteiger partial charge on any atom is 0.137 e. The molecule has 0 aliphatic rings. The molecule has 0 unspecified atom stereocenters. The van der Waals surface area contributed by atoms with Crippen LogP contribution in [0.25, 0.3) is 44.4 Å². The number of ether oxygens (including phenoxy) is 2. The first-order valence-corrected chi connectivity index (χ1v) is 14.8. The fourth-order valence-electron chi connectivity index (χ4n) is 6.41. The summed E-state index contributed by atoms with van der Waals surface area (Å²) in [4.78, 5) is 4.71. The second-order valence-corrected chi connectivity index (χ2v) is 11.4. The van der Waals surface area contributed by atoms with Crippen LogP contribution in [0.4, 0.5) is 0 Å². The second-order valence-electron chi connectivity index (χ2n) is 11.4. The van der Waals surface area contributed by atoms with Crippen LogP contribution in [0.1, 0.15) is 28.1 Å². The first-order valence-electron chi connectivity index (χ1n) is 14.8. The molecule has 7 aromatic rings. The van der Waals surface area contributed by atoms with Gasteiger partial charge in [0.2, 0.25) is 0 Å². The van der Waals surface area contributed by atoms with Crippen molar-refractivity contribution in [2.45, 2.75) is 34.6 Å². The summed E-state index contributed by atoms with van der Waals surface area (Å²) in [6, 6.07) is 31.1. The van der Waals surface area contributed by atoms with Crippen LogP contribution in [0.15, 0.2) is 97.2 Å². The molecule has 44 heavy (non-hydrogen) atoms. The lowest BCUT2D eigenvalue weighted by Gasteiger charge is -2.14. The van der Waals surface area contributed by atoms with Crippen LogP contribution in [-0.4, -0.2) is 26.4 Å². The molecule has 6 heteroatoms. The van der Waals surface area contributed by atoms with Crippen LogP contribution < -0.4 is 9.47 Å². The number of rotatable bonds is 6. The number of para-hydroxylation sites is 1. The number of aryl methyl sites for hydroxylation is 4. The van der Waals surface area contributed by atoms with Gasteiger partial charge in [-0.1, -0.05) is 24.3 Å². The number of nitrogens with zero attached hydrogens (tertiary/aromatic N) is 4. The van der Waals surface area contributed by atoms with Crippen LogP contribution in [0.2, 0.25) is 0 Å². The quantitative estimate of drug-likeness (QED) is 0.197. The van der Waals surface area contributed by atoms with Gasteiger partial charge in [0.1, 0.15) is 23.1 Å². The number of hydrogen-bond donors (Lipinski definition) is 0. The van der Waals surface area contributed by atoms with E-state index in [1.54, 1.807) is 7.11 Å². The van der Waals surface area contributed by atoms with E-state index >= 15 is 0 Å². The van der Waals surface area contributed by atoms with Crippen LogP contribution in [0.5, 0.6) is 17.2 Å². The fraction of sp³-hybridized carbons (Fsp3) is 0.158. The Hall–Kier alpha value is -5.36. The number of hydrogen-bond acceptors (Lipinski definition) is 4. The normalized spacial score (nSPS) is 11.4. The maximum atomic E-state index is 6.50. The molecule has 3 aromatic heterocycles. The Kier molecular flexibility index (Phi) is 6.70. The zero-order chi connectivity index (χ0) is 30.5. The highest BCUT2D eigenvalue weighted by molar-refractivity contribution is 6.09. The van der Waals surface area contributed by atoms with Crippen molar-refractivity contribution in [3.8, 4) is 39.9 Å². The minimum Gasteiger partial charge on any atom is -0.497 e. The highest BCUT2D eigenvalue weighted by Crippen LogP contribution is 2.38. The van der Waals surface area contributed by atoms with Gasteiger partial charge < -0.3 is 9.47 Å². The van der Waals surface area contributed by atoms with Gasteiger partial charge in [0.25, 0.3) is 0 Å². The van der Waals surface area contributed by atoms with Crippen LogP contribution in [-0.2, 0) is 0 Å². The van der Waals surface area contributed by atoms with Crippen LogP contribution in [0, 0.1) is 34.6 Å². The Balaban J connectivity index is 1.28. The third kappa shape index (κ3) is 4.60. The van der Waals surface area contributed by atoms with Gasteiger partial charge in [-0.05, 0) is 111 Å². The van der Waals surface area contributed by atoms with E-state index in [-0.39, 0.29) is 0 Å². The third-order valence-electron chi connectivity index (χ3n) is 8.36. The van der Waals surface area contributed by atoms with E-state index in [4.69, 9.17) is 19.6 Å². The summed E-state index contributed by atoms with van der Waals surface area (Å²) in [6.45, 7) is 10.5. The molecule has 218 valence electrons. The van der Waals surface area contributed by atoms with Crippen molar-refractivity contribution < 1.29 is 9.47 Å². The molecule has 0 saturated heterocycles. The lowest BCUT2D eigenvalue weighted by Crippen LogP contribution is -2.00. The number of fused-ring (bicyclic) bond motifs is 3. The summed E-state index contributed by atoms with van der Waals surface area (Å²) in [5.41, 5.74) is 11.0. The van der Waals surface area contributed by atoms with Gasteiger partial charge in [-0.2, -0.15) is 5.10 Å². The Morgan fingerprint density at radius 1 is 0.636 bits per heavy atom. The van der Waals surface area contributed by atoms with E-state index < -0.39 is 0 Å². The SMILES string of the molecule is COc1cc(C)c(-c2c(C)nn(-c3cccc(Oc4ccc5c6ccccc6n(-c6cc(C)ccn6)c5c4)c3)c2C)c(C)c1. The smallest absolute Gasteiger partial charge is 0.137 e. The molecule has 0 aliphatic carbocycles. The summed E-state index contributed by atoms with van der Waals surface area (Å²) in [6.07, 6.45) is 1.86. The number of methoxy groups -OCH3 is 1. The first kappa shape index (κ1) is 27.5. The first-order chi connectivity index (χ1) is 21.3.